The van der Waals surface area contributed by atoms with Crippen LogP contribution in [0.3, 0.4) is 0 Å². The van der Waals surface area contributed by atoms with E-state index in [9.17, 15) is 5.11 Å². The summed E-state index contributed by atoms with van der Waals surface area (Å²) in [6.07, 6.45) is 0.287. The zero-order valence-electron chi connectivity index (χ0n) is 11.2. The van der Waals surface area contributed by atoms with Crippen LogP contribution in [0.5, 0.6) is 5.75 Å². The molecule has 2 N–H and O–H groups in total. The fourth-order valence-electron chi connectivity index (χ4n) is 1.75. The summed E-state index contributed by atoms with van der Waals surface area (Å²) in [5, 5.41) is 13.0. The smallest absolute Gasteiger partial charge is 0.121 e. The first-order valence-electron chi connectivity index (χ1n) is 6.12. The minimum Gasteiger partial charge on any atom is -0.507 e. The molecule has 0 unspecified atom stereocenters. The molecule has 0 bridgehead atoms. The maximum Gasteiger partial charge on any atom is 0.121 e. The van der Waals surface area contributed by atoms with Gasteiger partial charge in [0.1, 0.15) is 5.75 Å². The van der Waals surface area contributed by atoms with Crippen molar-refractivity contribution in [3.63, 3.8) is 0 Å². The molecule has 96 valence electrons. The van der Waals surface area contributed by atoms with Crippen LogP contribution in [-0.2, 0) is 11.3 Å². The molecule has 1 aromatic rings. The maximum absolute atomic E-state index is 9.66. The summed E-state index contributed by atoms with van der Waals surface area (Å²) in [6.45, 7) is 10.3. The first-order chi connectivity index (χ1) is 8.00. The van der Waals surface area contributed by atoms with Crippen molar-refractivity contribution < 1.29 is 9.84 Å². The number of ether oxygens (including phenoxy) is 1. The number of aromatic hydroxyl groups is 1. The topological polar surface area (TPSA) is 41.5 Å². The molecule has 0 saturated carbocycles. The van der Waals surface area contributed by atoms with Crippen LogP contribution in [0, 0.1) is 13.8 Å². The Morgan fingerprint density at radius 1 is 1.24 bits per heavy atom. The molecule has 17 heavy (non-hydrogen) atoms. The zero-order valence-corrected chi connectivity index (χ0v) is 11.2. The Hall–Kier alpha value is -1.06. The average Bonchev–Trinajstić information content (AvgIpc) is 2.25. The second-order valence-electron chi connectivity index (χ2n) is 4.67. The Labute approximate surface area is 104 Å². The summed E-state index contributed by atoms with van der Waals surface area (Å²) in [4.78, 5) is 0. The predicted molar refractivity (Wildman–Crippen MR) is 70.4 cm³/mol. The minimum atomic E-state index is 0.287. The summed E-state index contributed by atoms with van der Waals surface area (Å²) in [6, 6.07) is 4.03. The Bertz CT molecular complexity index is 338. The van der Waals surface area contributed by atoms with Crippen molar-refractivity contribution in [1.82, 2.24) is 5.32 Å². The first-order valence-corrected chi connectivity index (χ1v) is 6.12. The van der Waals surface area contributed by atoms with Crippen molar-refractivity contribution in [3.05, 3.63) is 28.8 Å². The van der Waals surface area contributed by atoms with Crippen LogP contribution in [-0.4, -0.2) is 24.4 Å². The number of benzene rings is 1. The molecule has 0 amide bonds. The van der Waals surface area contributed by atoms with E-state index in [4.69, 9.17) is 4.74 Å². The molecule has 0 atom stereocenters. The van der Waals surface area contributed by atoms with Crippen molar-refractivity contribution in [1.29, 1.82) is 0 Å². The van der Waals surface area contributed by atoms with Gasteiger partial charge in [-0.3, -0.25) is 0 Å². The van der Waals surface area contributed by atoms with Gasteiger partial charge in [-0.2, -0.15) is 0 Å². The molecule has 3 nitrogen and oxygen atoms in total. The molecule has 0 saturated heterocycles. The van der Waals surface area contributed by atoms with Crippen LogP contribution in [0.15, 0.2) is 12.1 Å². The lowest BCUT2D eigenvalue weighted by atomic mass is 10.1. The van der Waals surface area contributed by atoms with Crippen LogP contribution in [0.1, 0.15) is 30.5 Å². The number of phenols is 1. The number of nitrogens with one attached hydrogen (secondary N) is 1. The van der Waals surface area contributed by atoms with Gasteiger partial charge < -0.3 is 15.2 Å². The van der Waals surface area contributed by atoms with E-state index in [1.54, 1.807) is 0 Å². The number of aryl methyl sites for hydroxylation is 2. The molecule has 1 aromatic carbocycles. The molecule has 3 heteroatoms. The van der Waals surface area contributed by atoms with Gasteiger partial charge >= 0.3 is 0 Å². The molecule has 0 spiro atoms. The third-order valence-electron chi connectivity index (χ3n) is 2.61. The second kappa shape index (κ2) is 6.62. The van der Waals surface area contributed by atoms with E-state index in [0.29, 0.717) is 5.75 Å². The largest absolute Gasteiger partial charge is 0.507 e. The lowest BCUT2D eigenvalue weighted by molar-refractivity contribution is 0.0807. The van der Waals surface area contributed by atoms with E-state index in [0.717, 1.165) is 30.8 Å². The Morgan fingerprint density at radius 2 is 1.82 bits per heavy atom. The lowest BCUT2D eigenvalue weighted by Gasteiger charge is -2.10. The van der Waals surface area contributed by atoms with Gasteiger partial charge in [0.25, 0.3) is 0 Å². The molecular formula is C14H23NO2. The number of hydrogen-bond acceptors (Lipinski definition) is 3. The van der Waals surface area contributed by atoms with Gasteiger partial charge in [0.15, 0.2) is 0 Å². The van der Waals surface area contributed by atoms with Gasteiger partial charge in [0.05, 0.1) is 12.7 Å². The van der Waals surface area contributed by atoms with Crippen molar-refractivity contribution >= 4 is 0 Å². The highest BCUT2D eigenvalue weighted by Gasteiger charge is 2.03. The molecule has 1 rings (SSSR count). The zero-order chi connectivity index (χ0) is 12.8. The van der Waals surface area contributed by atoms with Gasteiger partial charge in [-0.1, -0.05) is 12.1 Å². The van der Waals surface area contributed by atoms with Crippen LogP contribution < -0.4 is 5.32 Å². The van der Waals surface area contributed by atoms with Gasteiger partial charge in [0, 0.05) is 13.1 Å². The van der Waals surface area contributed by atoms with E-state index < -0.39 is 0 Å². The van der Waals surface area contributed by atoms with Crippen LogP contribution in [0.2, 0.25) is 0 Å². The van der Waals surface area contributed by atoms with Crippen LogP contribution in [0.25, 0.3) is 0 Å². The molecule has 0 fully saturated rings. The number of phenolic OH excluding ortho intramolecular Hbond substituents is 1. The van der Waals surface area contributed by atoms with E-state index >= 15 is 0 Å². The van der Waals surface area contributed by atoms with Crippen LogP contribution >= 0.6 is 0 Å². The summed E-state index contributed by atoms with van der Waals surface area (Å²) < 4.78 is 5.44. The quantitative estimate of drug-likeness (QED) is 0.747. The van der Waals surface area contributed by atoms with Gasteiger partial charge in [-0.15, -0.1) is 0 Å². The van der Waals surface area contributed by atoms with Gasteiger partial charge in [-0.05, 0) is 44.4 Å². The molecule has 0 aliphatic carbocycles. The second-order valence-corrected chi connectivity index (χ2v) is 4.67. The van der Waals surface area contributed by atoms with E-state index in [-0.39, 0.29) is 6.10 Å². The van der Waals surface area contributed by atoms with Crippen molar-refractivity contribution in [3.8, 4) is 5.75 Å². The normalized spacial score (nSPS) is 11.1. The standard InChI is InChI=1S/C14H23NO2/c1-10(2)17-6-5-15-9-13-7-11(3)14(16)12(4)8-13/h7-8,10,15-16H,5-6,9H2,1-4H3. The highest BCUT2D eigenvalue weighted by atomic mass is 16.5. The molecule has 0 radical (unpaired) electrons. The minimum absolute atomic E-state index is 0.287. The Balaban J connectivity index is 2.37. The Morgan fingerprint density at radius 3 is 2.35 bits per heavy atom. The molecule has 0 aliphatic rings. The summed E-state index contributed by atoms with van der Waals surface area (Å²) >= 11 is 0. The monoisotopic (exact) mass is 237 g/mol. The van der Waals surface area contributed by atoms with Crippen molar-refractivity contribution in [2.24, 2.45) is 0 Å². The Kier molecular flexibility index (Phi) is 5.45. The molecule has 0 aliphatic heterocycles. The third-order valence-corrected chi connectivity index (χ3v) is 2.61. The fraction of sp³-hybridized carbons (Fsp3) is 0.571. The summed E-state index contributed by atoms with van der Waals surface area (Å²) in [5.74, 6) is 0.400. The predicted octanol–water partition coefficient (Wildman–Crippen LogP) is 2.52. The fourth-order valence-corrected chi connectivity index (χ4v) is 1.75. The highest BCUT2D eigenvalue weighted by molar-refractivity contribution is 5.42. The van der Waals surface area contributed by atoms with Gasteiger partial charge in [-0.25, -0.2) is 0 Å². The van der Waals surface area contributed by atoms with E-state index in [1.165, 1.54) is 5.56 Å². The van der Waals surface area contributed by atoms with E-state index in [1.807, 2.05) is 39.8 Å². The summed E-state index contributed by atoms with van der Waals surface area (Å²) in [5.41, 5.74) is 3.06. The molecule has 0 aromatic heterocycles. The lowest BCUT2D eigenvalue weighted by Crippen LogP contribution is -2.21. The van der Waals surface area contributed by atoms with Crippen molar-refractivity contribution in [2.45, 2.75) is 40.3 Å². The SMILES string of the molecule is Cc1cc(CNCCOC(C)C)cc(C)c1O. The first kappa shape index (κ1) is 14.0. The number of hydrogen-bond donors (Lipinski definition) is 2. The molecular weight excluding hydrogens is 214 g/mol. The van der Waals surface area contributed by atoms with Crippen LogP contribution in [0.4, 0.5) is 0 Å². The highest BCUT2D eigenvalue weighted by Crippen LogP contribution is 2.22. The van der Waals surface area contributed by atoms with Gasteiger partial charge in [0.2, 0.25) is 0 Å². The average molecular weight is 237 g/mol. The molecule has 0 heterocycles. The number of rotatable bonds is 6. The van der Waals surface area contributed by atoms with E-state index in [2.05, 4.69) is 5.32 Å². The third kappa shape index (κ3) is 4.75. The summed E-state index contributed by atoms with van der Waals surface area (Å²) in [7, 11) is 0. The maximum atomic E-state index is 9.66. The van der Waals surface area contributed by atoms with Crippen molar-refractivity contribution in [2.75, 3.05) is 13.2 Å².